The molecule has 7 heteroatoms. The van der Waals surface area contributed by atoms with Gasteiger partial charge in [0.1, 0.15) is 0 Å². The highest BCUT2D eigenvalue weighted by molar-refractivity contribution is 8.01. The van der Waals surface area contributed by atoms with E-state index in [-0.39, 0.29) is 12.3 Å². The van der Waals surface area contributed by atoms with E-state index in [9.17, 15) is 4.79 Å². The lowest BCUT2D eigenvalue weighted by Crippen LogP contribution is -2.14. The molecule has 1 N–H and O–H groups in total. The quantitative estimate of drug-likeness (QED) is 0.500. The third kappa shape index (κ3) is 4.63. The molecule has 0 fully saturated rings. The van der Waals surface area contributed by atoms with Crippen molar-refractivity contribution in [2.45, 2.75) is 10.8 Å². The van der Waals surface area contributed by atoms with Crippen LogP contribution in [-0.2, 0) is 11.2 Å². The topological polar surface area (TPSA) is 54.9 Å². The second-order valence-electron chi connectivity index (χ2n) is 3.83. The molecule has 1 amide bonds. The average molecular weight is 326 g/mol. The van der Waals surface area contributed by atoms with Crippen molar-refractivity contribution in [3.05, 3.63) is 47.5 Å². The Labute approximate surface area is 130 Å². The number of nitrogens with one attached hydrogen (secondary N) is 1. The fourth-order valence-electron chi connectivity index (χ4n) is 1.44. The summed E-state index contributed by atoms with van der Waals surface area (Å²) in [4.78, 5) is 11.9. The van der Waals surface area contributed by atoms with E-state index >= 15 is 0 Å². The molecule has 1 aromatic heterocycles. The Morgan fingerprint density at radius 1 is 1.50 bits per heavy atom. The first-order valence-electron chi connectivity index (χ1n) is 5.79. The van der Waals surface area contributed by atoms with E-state index in [0.717, 1.165) is 15.7 Å². The molecule has 0 saturated heterocycles. The largest absolute Gasteiger partial charge is 0.300 e. The van der Waals surface area contributed by atoms with Gasteiger partial charge in [-0.05, 0) is 17.7 Å². The molecule has 0 aliphatic heterocycles. The van der Waals surface area contributed by atoms with Crippen molar-refractivity contribution < 1.29 is 4.79 Å². The van der Waals surface area contributed by atoms with Crippen molar-refractivity contribution in [1.82, 2.24) is 10.2 Å². The second-order valence-corrected chi connectivity index (χ2v) is 6.51. The van der Waals surface area contributed by atoms with Crippen LogP contribution in [0.2, 0.25) is 5.02 Å². The van der Waals surface area contributed by atoms with Crippen molar-refractivity contribution >= 4 is 45.7 Å². The predicted octanol–water partition coefficient (Wildman–Crippen LogP) is 3.65. The number of thioether (sulfide) groups is 1. The number of carbonyl (C=O) groups is 1. The van der Waals surface area contributed by atoms with Gasteiger partial charge >= 0.3 is 0 Å². The Morgan fingerprint density at radius 2 is 2.35 bits per heavy atom. The minimum atomic E-state index is -0.135. The average Bonchev–Trinajstić information content (AvgIpc) is 2.83. The molecule has 0 radical (unpaired) electrons. The first-order chi connectivity index (χ1) is 9.67. The summed E-state index contributed by atoms with van der Waals surface area (Å²) in [6, 6.07) is 7.22. The van der Waals surface area contributed by atoms with Gasteiger partial charge < -0.3 is 5.32 Å². The van der Waals surface area contributed by atoms with Crippen LogP contribution in [0.4, 0.5) is 5.13 Å². The van der Waals surface area contributed by atoms with Crippen LogP contribution >= 0.6 is 34.7 Å². The van der Waals surface area contributed by atoms with Gasteiger partial charge in [-0.1, -0.05) is 52.9 Å². The van der Waals surface area contributed by atoms with E-state index in [1.807, 2.05) is 12.1 Å². The van der Waals surface area contributed by atoms with E-state index in [2.05, 4.69) is 22.1 Å². The van der Waals surface area contributed by atoms with E-state index in [0.29, 0.717) is 10.2 Å². The van der Waals surface area contributed by atoms with E-state index in [4.69, 9.17) is 11.6 Å². The fraction of sp³-hybridized carbons (Fsp3) is 0.154. The molecular weight excluding hydrogens is 314 g/mol. The van der Waals surface area contributed by atoms with Crippen LogP contribution in [0.1, 0.15) is 5.56 Å². The number of amides is 1. The van der Waals surface area contributed by atoms with Crippen molar-refractivity contribution in [3.8, 4) is 0 Å². The standard InChI is InChI=1S/C13H12ClN3OS2/c1-2-6-19-13-17-16-12(20-13)15-11(18)8-9-4-3-5-10(14)7-9/h2-5,7H,1,6,8H2,(H,15,16,18). The van der Waals surface area contributed by atoms with Crippen LogP contribution in [0.5, 0.6) is 0 Å². The Kier molecular flexibility index (Phi) is 5.58. The highest BCUT2D eigenvalue weighted by Gasteiger charge is 2.09. The molecule has 0 unspecified atom stereocenters. The van der Waals surface area contributed by atoms with Gasteiger partial charge in [-0.3, -0.25) is 4.79 Å². The minimum Gasteiger partial charge on any atom is -0.300 e. The van der Waals surface area contributed by atoms with Crippen LogP contribution in [0, 0.1) is 0 Å². The summed E-state index contributed by atoms with van der Waals surface area (Å²) in [7, 11) is 0. The number of hydrogen-bond acceptors (Lipinski definition) is 5. The SMILES string of the molecule is C=CCSc1nnc(NC(=O)Cc2cccc(Cl)c2)s1. The Bertz CT molecular complexity index is 615. The van der Waals surface area contributed by atoms with Gasteiger partial charge in [-0.25, -0.2) is 0 Å². The number of hydrogen-bond donors (Lipinski definition) is 1. The van der Waals surface area contributed by atoms with Crippen LogP contribution in [-0.4, -0.2) is 21.9 Å². The number of aromatic nitrogens is 2. The summed E-state index contributed by atoms with van der Waals surface area (Å²) >= 11 is 8.76. The molecule has 0 atom stereocenters. The maximum atomic E-state index is 11.9. The normalized spacial score (nSPS) is 10.2. The molecule has 0 bridgehead atoms. The van der Waals surface area contributed by atoms with Gasteiger partial charge in [-0.2, -0.15) is 0 Å². The number of benzene rings is 1. The molecule has 4 nitrogen and oxygen atoms in total. The zero-order valence-corrected chi connectivity index (χ0v) is 12.9. The molecule has 0 spiro atoms. The number of nitrogens with zero attached hydrogens (tertiary/aromatic N) is 2. The zero-order chi connectivity index (χ0) is 14.4. The van der Waals surface area contributed by atoms with Crippen LogP contribution in [0.15, 0.2) is 41.3 Å². The Morgan fingerprint density at radius 3 is 3.10 bits per heavy atom. The first kappa shape index (κ1) is 15.0. The minimum absolute atomic E-state index is 0.135. The van der Waals surface area contributed by atoms with Gasteiger partial charge in [0.15, 0.2) is 4.34 Å². The second kappa shape index (κ2) is 7.42. The number of rotatable bonds is 6. The molecule has 1 aromatic carbocycles. The van der Waals surface area contributed by atoms with Crippen LogP contribution in [0.25, 0.3) is 0 Å². The molecule has 0 aliphatic carbocycles. The van der Waals surface area contributed by atoms with Crippen LogP contribution in [0.3, 0.4) is 0 Å². The lowest BCUT2D eigenvalue weighted by Gasteiger charge is -2.01. The van der Waals surface area contributed by atoms with Crippen molar-refractivity contribution in [2.75, 3.05) is 11.1 Å². The summed E-state index contributed by atoms with van der Waals surface area (Å²) in [6.45, 7) is 3.64. The number of halogens is 1. The lowest BCUT2D eigenvalue weighted by molar-refractivity contribution is -0.115. The Hall–Kier alpha value is -1.37. The molecule has 2 rings (SSSR count). The third-order valence-electron chi connectivity index (χ3n) is 2.23. The predicted molar refractivity (Wildman–Crippen MR) is 84.6 cm³/mol. The maximum absolute atomic E-state index is 11.9. The summed E-state index contributed by atoms with van der Waals surface area (Å²) in [5.41, 5.74) is 0.862. The molecular formula is C13H12ClN3OS2. The highest BCUT2D eigenvalue weighted by Crippen LogP contribution is 2.25. The van der Waals surface area contributed by atoms with E-state index < -0.39 is 0 Å². The fourth-order valence-corrected chi connectivity index (χ4v) is 3.19. The Balaban J connectivity index is 1.91. The molecule has 2 aromatic rings. The van der Waals surface area contributed by atoms with Crippen molar-refractivity contribution in [3.63, 3.8) is 0 Å². The maximum Gasteiger partial charge on any atom is 0.230 e. The molecule has 0 aliphatic rings. The molecule has 0 saturated carbocycles. The summed E-state index contributed by atoms with van der Waals surface area (Å²) < 4.78 is 0.808. The monoisotopic (exact) mass is 325 g/mol. The first-order valence-corrected chi connectivity index (χ1v) is 7.97. The van der Waals surface area contributed by atoms with E-state index in [1.165, 1.54) is 23.1 Å². The molecule has 20 heavy (non-hydrogen) atoms. The third-order valence-corrected chi connectivity index (χ3v) is 4.43. The van der Waals surface area contributed by atoms with Gasteiger partial charge in [0.2, 0.25) is 11.0 Å². The van der Waals surface area contributed by atoms with Crippen LogP contribution < -0.4 is 5.32 Å². The van der Waals surface area contributed by atoms with Gasteiger partial charge in [0, 0.05) is 10.8 Å². The van der Waals surface area contributed by atoms with Gasteiger partial charge in [0.05, 0.1) is 6.42 Å². The summed E-state index contributed by atoms with van der Waals surface area (Å²) in [6.07, 6.45) is 2.05. The number of carbonyl (C=O) groups excluding carboxylic acids is 1. The zero-order valence-electron chi connectivity index (χ0n) is 10.5. The van der Waals surface area contributed by atoms with Gasteiger partial charge in [-0.15, -0.1) is 16.8 Å². The number of anilines is 1. The summed E-state index contributed by atoms with van der Waals surface area (Å²) in [5, 5.41) is 11.8. The molecule has 1 heterocycles. The smallest absolute Gasteiger partial charge is 0.230 e. The molecule has 104 valence electrons. The highest BCUT2D eigenvalue weighted by atomic mass is 35.5. The van der Waals surface area contributed by atoms with E-state index in [1.54, 1.807) is 18.2 Å². The van der Waals surface area contributed by atoms with Gasteiger partial charge in [0.25, 0.3) is 0 Å². The van der Waals surface area contributed by atoms with Crippen molar-refractivity contribution in [2.24, 2.45) is 0 Å². The summed E-state index contributed by atoms with van der Waals surface area (Å²) in [5.74, 6) is 0.633. The lowest BCUT2D eigenvalue weighted by atomic mass is 10.1. The van der Waals surface area contributed by atoms with Crippen molar-refractivity contribution in [1.29, 1.82) is 0 Å².